The first-order valence-electron chi connectivity index (χ1n) is 5.35. The van der Waals surface area contributed by atoms with Crippen LogP contribution in [0.3, 0.4) is 0 Å². The fourth-order valence-electron chi connectivity index (χ4n) is 2.11. The summed E-state index contributed by atoms with van der Waals surface area (Å²) in [6.07, 6.45) is 0.432. The smallest absolute Gasteiger partial charge is 0.138 e. The van der Waals surface area contributed by atoms with Gasteiger partial charge in [0.25, 0.3) is 0 Å². The van der Waals surface area contributed by atoms with Crippen molar-refractivity contribution < 1.29 is 9.84 Å². The highest BCUT2D eigenvalue weighted by atomic mass is 16.5. The Morgan fingerprint density at radius 1 is 1.20 bits per heavy atom. The van der Waals surface area contributed by atoms with Crippen LogP contribution in [0.25, 0.3) is 0 Å². The van der Waals surface area contributed by atoms with Gasteiger partial charge in [0.15, 0.2) is 0 Å². The lowest BCUT2D eigenvalue weighted by molar-refractivity contribution is -0.00531. The zero-order chi connectivity index (χ0) is 10.8. The van der Waals surface area contributed by atoms with Crippen molar-refractivity contribution in [3.05, 3.63) is 24.3 Å². The van der Waals surface area contributed by atoms with Gasteiger partial charge >= 0.3 is 0 Å². The predicted molar refractivity (Wildman–Crippen MR) is 60.3 cm³/mol. The second-order valence-electron chi connectivity index (χ2n) is 4.15. The van der Waals surface area contributed by atoms with Gasteiger partial charge in [0.05, 0.1) is 17.9 Å². The Hall–Kier alpha value is -1.22. The van der Waals surface area contributed by atoms with Crippen LogP contribution < -0.4 is 4.90 Å². The maximum Gasteiger partial charge on any atom is 0.138 e. The average molecular weight is 207 g/mol. The summed E-state index contributed by atoms with van der Waals surface area (Å²) in [6, 6.07) is 7.45. The molecule has 0 bridgehead atoms. The van der Waals surface area contributed by atoms with Crippen LogP contribution in [0.1, 0.15) is 13.8 Å². The van der Waals surface area contributed by atoms with E-state index >= 15 is 0 Å². The summed E-state index contributed by atoms with van der Waals surface area (Å²) < 4.78 is 5.65. The predicted octanol–water partition coefficient (Wildman–Crippen LogP) is 2.01. The van der Waals surface area contributed by atoms with Crippen LogP contribution in [-0.2, 0) is 4.74 Å². The van der Waals surface area contributed by atoms with Crippen molar-refractivity contribution in [3.8, 4) is 5.75 Å². The zero-order valence-electron chi connectivity index (χ0n) is 9.18. The lowest BCUT2D eigenvalue weighted by Crippen LogP contribution is -2.45. The van der Waals surface area contributed by atoms with Crippen molar-refractivity contribution in [2.75, 3.05) is 18.0 Å². The van der Waals surface area contributed by atoms with Crippen LogP contribution >= 0.6 is 0 Å². The maximum absolute atomic E-state index is 9.75. The molecule has 1 N–H and O–H groups in total. The maximum atomic E-state index is 9.75. The van der Waals surface area contributed by atoms with E-state index in [1.165, 1.54) is 0 Å². The van der Waals surface area contributed by atoms with E-state index in [1.807, 2.05) is 18.2 Å². The number of anilines is 1. The average Bonchev–Trinajstić information content (AvgIpc) is 2.16. The molecule has 0 saturated carbocycles. The van der Waals surface area contributed by atoms with Crippen LogP contribution in [0.5, 0.6) is 5.75 Å². The van der Waals surface area contributed by atoms with Gasteiger partial charge in [0, 0.05) is 13.1 Å². The summed E-state index contributed by atoms with van der Waals surface area (Å²) >= 11 is 0. The van der Waals surface area contributed by atoms with Gasteiger partial charge in [-0.2, -0.15) is 0 Å². The van der Waals surface area contributed by atoms with E-state index in [0.29, 0.717) is 5.75 Å². The van der Waals surface area contributed by atoms with Gasteiger partial charge in [-0.3, -0.25) is 0 Å². The lowest BCUT2D eigenvalue weighted by Gasteiger charge is -2.37. The number of phenolic OH excluding ortho intramolecular Hbond substituents is 1. The number of nitrogens with zero attached hydrogens (tertiary/aromatic N) is 1. The van der Waals surface area contributed by atoms with Crippen molar-refractivity contribution in [1.29, 1.82) is 0 Å². The number of hydrogen-bond acceptors (Lipinski definition) is 3. The Balaban J connectivity index is 2.20. The first kappa shape index (κ1) is 10.3. The molecule has 3 heteroatoms. The number of aromatic hydroxyl groups is 1. The fourth-order valence-corrected chi connectivity index (χ4v) is 2.11. The molecule has 82 valence electrons. The van der Waals surface area contributed by atoms with E-state index in [0.717, 1.165) is 18.8 Å². The molecule has 0 radical (unpaired) electrons. The molecule has 0 unspecified atom stereocenters. The monoisotopic (exact) mass is 207 g/mol. The molecule has 1 aliphatic rings. The molecular weight excluding hydrogens is 190 g/mol. The molecule has 3 nitrogen and oxygen atoms in total. The Morgan fingerprint density at radius 2 is 1.80 bits per heavy atom. The molecule has 0 spiro atoms. The van der Waals surface area contributed by atoms with Crippen molar-refractivity contribution in [3.63, 3.8) is 0 Å². The van der Waals surface area contributed by atoms with Gasteiger partial charge in [0.2, 0.25) is 0 Å². The van der Waals surface area contributed by atoms with Gasteiger partial charge in [-0.15, -0.1) is 0 Å². The molecule has 1 aliphatic heterocycles. The molecule has 1 fully saturated rings. The van der Waals surface area contributed by atoms with Gasteiger partial charge in [-0.05, 0) is 26.0 Å². The number of phenols is 1. The third-order valence-electron chi connectivity index (χ3n) is 2.64. The fraction of sp³-hybridized carbons (Fsp3) is 0.500. The molecule has 1 aromatic rings. The minimum absolute atomic E-state index is 0.216. The van der Waals surface area contributed by atoms with Crippen LogP contribution in [0.2, 0.25) is 0 Å². The Morgan fingerprint density at radius 3 is 2.40 bits per heavy atom. The Kier molecular flexibility index (Phi) is 2.82. The molecule has 0 aliphatic carbocycles. The summed E-state index contributed by atoms with van der Waals surface area (Å²) in [5, 5.41) is 9.75. The third-order valence-corrected chi connectivity index (χ3v) is 2.64. The van der Waals surface area contributed by atoms with Gasteiger partial charge in [-0.25, -0.2) is 0 Å². The molecule has 2 rings (SSSR count). The summed E-state index contributed by atoms with van der Waals surface area (Å²) in [7, 11) is 0. The highest BCUT2D eigenvalue weighted by Crippen LogP contribution is 2.28. The summed E-state index contributed by atoms with van der Waals surface area (Å²) in [4.78, 5) is 2.17. The van der Waals surface area contributed by atoms with Crippen LogP contribution in [0.4, 0.5) is 5.69 Å². The highest BCUT2D eigenvalue weighted by molar-refractivity contribution is 5.57. The van der Waals surface area contributed by atoms with Crippen LogP contribution in [0, 0.1) is 0 Å². The third kappa shape index (κ3) is 2.23. The van der Waals surface area contributed by atoms with Gasteiger partial charge < -0.3 is 14.7 Å². The number of ether oxygens (including phenoxy) is 1. The number of hydrogen-bond donors (Lipinski definition) is 1. The largest absolute Gasteiger partial charge is 0.506 e. The number of morpholine rings is 1. The van der Waals surface area contributed by atoms with E-state index in [-0.39, 0.29) is 12.2 Å². The highest BCUT2D eigenvalue weighted by Gasteiger charge is 2.23. The summed E-state index contributed by atoms with van der Waals surface area (Å²) in [5.41, 5.74) is 0.902. The second kappa shape index (κ2) is 4.11. The summed E-state index contributed by atoms with van der Waals surface area (Å²) in [6.45, 7) is 5.79. The van der Waals surface area contributed by atoms with E-state index in [4.69, 9.17) is 4.74 Å². The molecule has 1 saturated heterocycles. The van der Waals surface area contributed by atoms with E-state index in [1.54, 1.807) is 6.07 Å². The molecule has 1 heterocycles. The molecule has 1 aromatic carbocycles. The van der Waals surface area contributed by atoms with Crippen molar-refractivity contribution in [2.24, 2.45) is 0 Å². The van der Waals surface area contributed by atoms with Crippen molar-refractivity contribution in [1.82, 2.24) is 0 Å². The normalized spacial score (nSPS) is 26.7. The minimum Gasteiger partial charge on any atom is -0.506 e. The number of para-hydroxylation sites is 2. The van der Waals surface area contributed by atoms with Crippen LogP contribution in [0.15, 0.2) is 24.3 Å². The second-order valence-corrected chi connectivity index (χ2v) is 4.15. The lowest BCUT2D eigenvalue weighted by atomic mass is 10.2. The van der Waals surface area contributed by atoms with E-state index < -0.39 is 0 Å². The molecule has 0 aromatic heterocycles. The van der Waals surface area contributed by atoms with Crippen molar-refractivity contribution in [2.45, 2.75) is 26.1 Å². The topological polar surface area (TPSA) is 32.7 Å². The SMILES string of the molecule is C[C@@H]1CN(c2ccccc2O)C[C@H](C)O1. The minimum atomic E-state index is 0.216. The molecular formula is C12H17NO2. The molecule has 0 amide bonds. The van der Waals surface area contributed by atoms with Crippen LogP contribution in [-0.4, -0.2) is 30.4 Å². The van der Waals surface area contributed by atoms with Gasteiger partial charge in [0.1, 0.15) is 5.75 Å². The van der Waals surface area contributed by atoms with Gasteiger partial charge in [-0.1, -0.05) is 12.1 Å². The van der Waals surface area contributed by atoms with Crippen molar-refractivity contribution >= 4 is 5.69 Å². The number of rotatable bonds is 1. The first-order valence-corrected chi connectivity index (χ1v) is 5.35. The molecule has 2 atom stereocenters. The molecule has 15 heavy (non-hydrogen) atoms. The van der Waals surface area contributed by atoms with E-state index in [2.05, 4.69) is 18.7 Å². The Labute approximate surface area is 90.3 Å². The number of benzene rings is 1. The van der Waals surface area contributed by atoms with E-state index in [9.17, 15) is 5.11 Å². The Bertz CT molecular complexity index is 330. The standard InChI is InChI=1S/C12H17NO2/c1-9-7-13(8-10(2)15-9)11-5-3-4-6-12(11)14/h3-6,9-10,14H,7-8H2,1-2H3/t9-,10+. The zero-order valence-corrected chi connectivity index (χ0v) is 9.18. The first-order chi connectivity index (χ1) is 7.16. The quantitative estimate of drug-likeness (QED) is 0.764. The summed E-state index contributed by atoms with van der Waals surface area (Å²) in [5.74, 6) is 0.346.